The Hall–Kier alpha value is -0.0800. The zero-order chi connectivity index (χ0) is 14.6. The van der Waals surface area contributed by atoms with Crippen LogP contribution in [0.3, 0.4) is 0 Å². The lowest BCUT2D eigenvalue weighted by molar-refractivity contribution is 0.107. The maximum absolute atomic E-state index is 3.70. The Morgan fingerprint density at radius 1 is 1.15 bits per heavy atom. The molecule has 1 N–H and O–H groups in total. The number of nitrogens with one attached hydrogen (secondary N) is 1. The molecule has 2 nitrogen and oxygen atoms in total. The van der Waals surface area contributed by atoms with E-state index in [1.54, 1.807) is 0 Å². The smallest absolute Gasteiger partial charge is 0.0124 e. The van der Waals surface area contributed by atoms with E-state index < -0.39 is 0 Å². The van der Waals surface area contributed by atoms with Gasteiger partial charge in [-0.25, -0.2) is 0 Å². The molecule has 0 bridgehead atoms. The van der Waals surface area contributed by atoms with Gasteiger partial charge in [-0.15, -0.1) is 0 Å². The van der Waals surface area contributed by atoms with E-state index in [1.165, 1.54) is 58.0 Å². The lowest BCUT2D eigenvalue weighted by Gasteiger charge is -2.40. The zero-order valence-corrected chi connectivity index (χ0v) is 14.3. The second-order valence-electron chi connectivity index (χ2n) is 7.89. The summed E-state index contributed by atoms with van der Waals surface area (Å²) >= 11 is 0. The summed E-state index contributed by atoms with van der Waals surface area (Å²) in [6.45, 7) is 13.3. The van der Waals surface area contributed by atoms with E-state index in [2.05, 4.69) is 37.9 Å². The Bertz CT molecular complexity index is 281. The van der Waals surface area contributed by atoms with E-state index in [-0.39, 0.29) is 0 Å². The fourth-order valence-electron chi connectivity index (χ4n) is 4.22. The van der Waals surface area contributed by atoms with Gasteiger partial charge in [0.05, 0.1) is 0 Å². The molecule has 1 saturated heterocycles. The predicted octanol–water partition coefficient (Wildman–Crippen LogP) is 4.06. The summed E-state index contributed by atoms with van der Waals surface area (Å²) in [4.78, 5) is 2.83. The molecule has 0 spiro atoms. The summed E-state index contributed by atoms with van der Waals surface area (Å²) in [5, 5.41) is 3.70. The molecule has 2 rings (SSSR count). The molecule has 1 aliphatic carbocycles. The molecule has 1 heterocycles. The second kappa shape index (κ2) is 7.26. The molecule has 2 aliphatic rings. The number of nitrogens with zero attached hydrogens (tertiary/aromatic N) is 1. The summed E-state index contributed by atoms with van der Waals surface area (Å²) in [6.07, 6.45) is 10.1. The molecule has 0 radical (unpaired) electrons. The molecule has 2 unspecified atom stereocenters. The summed E-state index contributed by atoms with van der Waals surface area (Å²) < 4.78 is 0. The van der Waals surface area contributed by atoms with Gasteiger partial charge in [0.1, 0.15) is 0 Å². The third-order valence-corrected chi connectivity index (χ3v) is 5.84. The van der Waals surface area contributed by atoms with Gasteiger partial charge in [-0.3, -0.25) is 4.90 Å². The van der Waals surface area contributed by atoms with Crippen LogP contribution in [0.25, 0.3) is 0 Å². The van der Waals surface area contributed by atoms with Crippen molar-refractivity contribution in [3.63, 3.8) is 0 Å². The molecule has 1 aliphatic heterocycles. The van der Waals surface area contributed by atoms with Crippen LogP contribution >= 0.6 is 0 Å². The Morgan fingerprint density at radius 3 is 2.50 bits per heavy atom. The highest BCUT2D eigenvalue weighted by molar-refractivity contribution is 4.92. The highest BCUT2D eigenvalue weighted by Gasteiger charge is 2.37. The molecule has 0 aromatic heterocycles. The monoisotopic (exact) mass is 280 g/mol. The van der Waals surface area contributed by atoms with Crippen molar-refractivity contribution < 1.29 is 0 Å². The zero-order valence-electron chi connectivity index (χ0n) is 14.3. The van der Waals surface area contributed by atoms with Gasteiger partial charge in [0.2, 0.25) is 0 Å². The first-order chi connectivity index (χ1) is 9.54. The first-order valence-corrected chi connectivity index (χ1v) is 9.02. The predicted molar refractivity (Wildman–Crippen MR) is 88.1 cm³/mol. The van der Waals surface area contributed by atoms with E-state index in [0.717, 1.165) is 18.5 Å². The molecule has 2 atom stereocenters. The molecular weight excluding hydrogens is 244 g/mol. The van der Waals surface area contributed by atoms with Gasteiger partial charge in [0.25, 0.3) is 0 Å². The number of hydrogen-bond donors (Lipinski definition) is 1. The Kier molecular flexibility index (Phi) is 5.92. The Labute approximate surface area is 126 Å². The normalized spacial score (nSPS) is 27.3. The molecule has 0 aromatic rings. The number of likely N-dealkylation sites (tertiary alicyclic amines) is 1. The van der Waals surface area contributed by atoms with Gasteiger partial charge >= 0.3 is 0 Å². The van der Waals surface area contributed by atoms with Crippen molar-refractivity contribution in [3.8, 4) is 0 Å². The highest BCUT2D eigenvalue weighted by Crippen LogP contribution is 2.37. The number of rotatable bonds is 7. The quantitative estimate of drug-likeness (QED) is 0.756. The first kappa shape index (κ1) is 16.3. The van der Waals surface area contributed by atoms with Gasteiger partial charge in [0.15, 0.2) is 0 Å². The van der Waals surface area contributed by atoms with E-state index in [9.17, 15) is 0 Å². The molecule has 2 heteroatoms. The maximum Gasteiger partial charge on any atom is 0.0124 e. The van der Waals surface area contributed by atoms with Gasteiger partial charge in [-0.1, -0.05) is 33.6 Å². The summed E-state index contributed by atoms with van der Waals surface area (Å²) in [5.74, 6) is 1.01. The van der Waals surface area contributed by atoms with Crippen LogP contribution < -0.4 is 5.32 Å². The van der Waals surface area contributed by atoms with Crippen LogP contribution in [0.4, 0.5) is 0 Å². The minimum absolute atomic E-state index is 0.371. The van der Waals surface area contributed by atoms with Gasteiger partial charge < -0.3 is 5.32 Å². The van der Waals surface area contributed by atoms with Crippen LogP contribution in [0.1, 0.15) is 72.6 Å². The van der Waals surface area contributed by atoms with Crippen molar-refractivity contribution in [3.05, 3.63) is 0 Å². The minimum atomic E-state index is 0.371. The van der Waals surface area contributed by atoms with Crippen LogP contribution in [0.5, 0.6) is 0 Å². The first-order valence-electron chi connectivity index (χ1n) is 9.02. The third kappa shape index (κ3) is 3.98. The second-order valence-corrected chi connectivity index (χ2v) is 7.89. The fraction of sp³-hybridized carbons (Fsp3) is 1.00. The Morgan fingerprint density at radius 2 is 1.85 bits per heavy atom. The molecule has 118 valence electrons. The van der Waals surface area contributed by atoms with Crippen molar-refractivity contribution in [2.45, 2.75) is 84.7 Å². The third-order valence-electron chi connectivity index (χ3n) is 5.84. The molecule has 1 saturated carbocycles. The average Bonchev–Trinajstić information content (AvgIpc) is 3.05. The van der Waals surface area contributed by atoms with Crippen LogP contribution in [-0.2, 0) is 0 Å². The van der Waals surface area contributed by atoms with E-state index in [1.807, 2.05) is 0 Å². The minimum Gasteiger partial charge on any atom is -0.314 e. The largest absolute Gasteiger partial charge is 0.314 e. The van der Waals surface area contributed by atoms with Crippen molar-refractivity contribution in [1.82, 2.24) is 10.2 Å². The fourth-order valence-corrected chi connectivity index (χ4v) is 4.22. The van der Waals surface area contributed by atoms with Crippen molar-refractivity contribution in [2.75, 3.05) is 19.6 Å². The summed E-state index contributed by atoms with van der Waals surface area (Å²) in [7, 11) is 0. The van der Waals surface area contributed by atoms with Crippen LogP contribution in [0.2, 0.25) is 0 Å². The summed E-state index contributed by atoms with van der Waals surface area (Å²) in [6, 6.07) is 1.50. The van der Waals surface area contributed by atoms with Crippen LogP contribution in [0.15, 0.2) is 0 Å². The number of hydrogen-bond acceptors (Lipinski definition) is 2. The van der Waals surface area contributed by atoms with Crippen molar-refractivity contribution in [1.29, 1.82) is 0 Å². The topological polar surface area (TPSA) is 15.3 Å². The molecule has 0 aromatic carbocycles. The van der Waals surface area contributed by atoms with Crippen LogP contribution in [-0.4, -0.2) is 36.6 Å². The lowest BCUT2D eigenvalue weighted by atomic mass is 9.83. The van der Waals surface area contributed by atoms with Gasteiger partial charge in [0, 0.05) is 18.6 Å². The lowest BCUT2D eigenvalue weighted by Crippen LogP contribution is -2.49. The molecule has 0 amide bonds. The molecule has 2 fully saturated rings. The molecular formula is C18H36N2. The highest BCUT2D eigenvalue weighted by atomic mass is 15.2. The SMILES string of the molecule is CCCNC(C)C(C)(C)CN1CCCC1C1CCCC1. The van der Waals surface area contributed by atoms with E-state index in [0.29, 0.717) is 11.5 Å². The van der Waals surface area contributed by atoms with E-state index >= 15 is 0 Å². The average molecular weight is 280 g/mol. The van der Waals surface area contributed by atoms with E-state index in [4.69, 9.17) is 0 Å². The summed E-state index contributed by atoms with van der Waals surface area (Å²) in [5.41, 5.74) is 0.371. The molecule has 20 heavy (non-hydrogen) atoms. The van der Waals surface area contributed by atoms with Crippen LogP contribution in [0, 0.1) is 11.3 Å². The van der Waals surface area contributed by atoms with Gasteiger partial charge in [-0.05, 0) is 63.5 Å². The Balaban J connectivity index is 1.89. The van der Waals surface area contributed by atoms with Gasteiger partial charge in [-0.2, -0.15) is 0 Å². The maximum atomic E-state index is 3.70. The van der Waals surface area contributed by atoms with Crippen molar-refractivity contribution >= 4 is 0 Å². The standard InChI is InChI=1S/C18H36N2/c1-5-12-19-15(2)18(3,4)14-20-13-8-11-17(20)16-9-6-7-10-16/h15-17,19H,5-14H2,1-4H3. The van der Waals surface area contributed by atoms with Crippen molar-refractivity contribution in [2.24, 2.45) is 11.3 Å².